The number of nitrogens with zero attached hydrogens (tertiary/aromatic N) is 1. The van der Waals surface area contributed by atoms with Crippen LogP contribution >= 0.6 is 23.2 Å². The number of furan rings is 1. The summed E-state index contributed by atoms with van der Waals surface area (Å²) in [7, 11) is 0. The number of aromatic amines is 1. The number of nitrogens with one attached hydrogen (secondary N) is 3. The highest BCUT2D eigenvalue weighted by molar-refractivity contribution is 6.31. The molecule has 1 aromatic carbocycles. The summed E-state index contributed by atoms with van der Waals surface area (Å²) in [5.41, 5.74) is 0.323. The van der Waals surface area contributed by atoms with Gasteiger partial charge in [-0.25, -0.2) is 9.37 Å². The van der Waals surface area contributed by atoms with E-state index >= 15 is 0 Å². The van der Waals surface area contributed by atoms with Crippen molar-refractivity contribution >= 4 is 46.0 Å². The zero-order chi connectivity index (χ0) is 19.6. The minimum Gasteiger partial charge on any atom is -0.460 e. The van der Waals surface area contributed by atoms with Gasteiger partial charge in [0.05, 0.1) is 16.8 Å². The van der Waals surface area contributed by atoms with Crippen molar-refractivity contribution in [2.75, 3.05) is 6.54 Å². The Morgan fingerprint density at radius 1 is 1.33 bits per heavy atom. The molecule has 2 aromatic heterocycles. The number of aromatic nitrogens is 2. The molecule has 0 bridgehead atoms. The predicted octanol–water partition coefficient (Wildman–Crippen LogP) is 3.54. The Morgan fingerprint density at radius 2 is 2.11 bits per heavy atom. The lowest BCUT2D eigenvalue weighted by Gasteiger charge is -2.17. The topological polar surface area (TPSA) is 100 Å². The van der Waals surface area contributed by atoms with Crippen molar-refractivity contribution in [2.24, 2.45) is 0 Å². The second-order valence-corrected chi connectivity index (χ2v) is 6.53. The second-order valence-electron chi connectivity index (χ2n) is 5.76. The molecule has 0 aliphatic carbocycles. The van der Waals surface area contributed by atoms with Crippen LogP contribution in [0, 0.1) is 5.82 Å². The van der Waals surface area contributed by atoms with Crippen molar-refractivity contribution in [3.05, 3.63) is 52.0 Å². The van der Waals surface area contributed by atoms with E-state index in [-0.39, 0.29) is 45.6 Å². The molecule has 0 spiro atoms. The first kappa shape index (κ1) is 19.2. The van der Waals surface area contributed by atoms with E-state index in [9.17, 15) is 14.0 Å². The Kier molecular flexibility index (Phi) is 5.67. The average Bonchev–Trinajstić information content (AvgIpc) is 3.28. The summed E-state index contributed by atoms with van der Waals surface area (Å²) in [6, 6.07) is 2.55. The van der Waals surface area contributed by atoms with Crippen LogP contribution in [-0.4, -0.2) is 34.4 Å². The number of imidazole rings is 1. The molecule has 0 saturated heterocycles. The van der Waals surface area contributed by atoms with Gasteiger partial charge in [-0.1, -0.05) is 18.5 Å². The van der Waals surface area contributed by atoms with Crippen LogP contribution in [0.2, 0.25) is 10.3 Å². The summed E-state index contributed by atoms with van der Waals surface area (Å²) in [5.74, 6) is -1.56. The summed E-state index contributed by atoms with van der Waals surface area (Å²) in [4.78, 5) is 30.9. The quantitative estimate of drug-likeness (QED) is 0.576. The lowest BCUT2D eigenvalue weighted by molar-refractivity contribution is 0.0905. The van der Waals surface area contributed by atoms with Crippen LogP contribution in [0.15, 0.2) is 29.0 Å². The number of benzene rings is 1. The number of hydrogen-bond donors (Lipinski definition) is 3. The SMILES string of the molecule is CCC(CNC(=O)c1coc2c(F)c(Cl)ccc12)NC(=O)c1cnc(Cl)[nH]1. The lowest BCUT2D eigenvalue weighted by atomic mass is 10.1. The predicted molar refractivity (Wildman–Crippen MR) is 98.7 cm³/mol. The first-order valence-corrected chi connectivity index (χ1v) is 8.81. The van der Waals surface area contributed by atoms with E-state index in [1.165, 1.54) is 24.6 Å². The van der Waals surface area contributed by atoms with Crippen LogP contribution in [0.1, 0.15) is 34.2 Å². The number of rotatable bonds is 6. The van der Waals surface area contributed by atoms with Crippen molar-refractivity contribution in [1.82, 2.24) is 20.6 Å². The Morgan fingerprint density at radius 3 is 2.78 bits per heavy atom. The van der Waals surface area contributed by atoms with Gasteiger partial charge in [0.15, 0.2) is 11.4 Å². The number of hydrogen-bond acceptors (Lipinski definition) is 4. The van der Waals surface area contributed by atoms with Crippen LogP contribution in [-0.2, 0) is 0 Å². The van der Waals surface area contributed by atoms with Gasteiger partial charge in [0.2, 0.25) is 5.28 Å². The molecule has 3 aromatic rings. The van der Waals surface area contributed by atoms with Gasteiger partial charge in [0.1, 0.15) is 12.0 Å². The molecule has 1 atom stereocenters. The van der Waals surface area contributed by atoms with Crippen LogP contribution < -0.4 is 10.6 Å². The monoisotopic (exact) mass is 412 g/mol. The first-order valence-electron chi connectivity index (χ1n) is 8.05. The molecule has 0 aliphatic rings. The number of fused-ring (bicyclic) bond motifs is 1. The Hall–Kier alpha value is -2.58. The molecule has 0 saturated carbocycles. The molecule has 2 heterocycles. The third-order valence-electron chi connectivity index (χ3n) is 4.01. The number of amides is 2. The molecule has 0 aliphatic heterocycles. The maximum absolute atomic E-state index is 13.9. The number of carbonyl (C=O) groups is 2. The van der Waals surface area contributed by atoms with Crippen LogP contribution in [0.4, 0.5) is 4.39 Å². The maximum Gasteiger partial charge on any atom is 0.269 e. The van der Waals surface area contributed by atoms with Crippen LogP contribution in [0.25, 0.3) is 11.0 Å². The molecule has 142 valence electrons. The summed E-state index contributed by atoms with van der Waals surface area (Å²) in [6.07, 6.45) is 3.07. The van der Waals surface area contributed by atoms with E-state index in [0.29, 0.717) is 11.8 Å². The van der Waals surface area contributed by atoms with Gasteiger partial charge in [-0.3, -0.25) is 9.59 Å². The fourth-order valence-electron chi connectivity index (χ4n) is 2.50. The summed E-state index contributed by atoms with van der Waals surface area (Å²) in [6.45, 7) is 2.04. The zero-order valence-electron chi connectivity index (χ0n) is 14.1. The van der Waals surface area contributed by atoms with Gasteiger partial charge in [0, 0.05) is 18.0 Å². The van der Waals surface area contributed by atoms with Crippen molar-refractivity contribution in [2.45, 2.75) is 19.4 Å². The van der Waals surface area contributed by atoms with Gasteiger partial charge in [-0.2, -0.15) is 0 Å². The zero-order valence-corrected chi connectivity index (χ0v) is 15.6. The highest BCUT2D eigenvalue weighted by Gasteiger charge is 2.20. The molecular formula is C17H15Cl2FN4O3. The smallest absolute Gasteiger partial charge is 0.269 e. The van der Waals surface area contributed by atoms with Gasteiger partial charge in [-0.05, 0) is 30.2 Å². The number of carbonyl (C=O) groups excluding carboxylic acids is 2. The molecule has 3 rings (SSSR count). The first-order chi connectivity index (χ1) is 12.9. The molecule has 0 radical (unpaired) electrons. The third kappa shape index (κ3) is 4.06. The fourth-order valence-corrected chi connectivity index (χ4v) is 2.80. The van der Waals surface area contributed by atoms with Crippen molar-refractivity contribution < 1.29 is 18.4 Å². The molecule has 1 unspecified atom stereocenters. The van der Waals surface area contributed by atoms with Gasteiger partial charge >= 0.3 is 0 Å². The molecule has 2 amide bonds. The van der Waals surface area contributed by atoms with Gasteiger partial charge in [-0.15, -0.1) is 0 Å². The van der Waals surface area contributed by atoms with Gasteiger partial charge < -0.3 is 20.0 Å². The van der Waals surface area contributed by atoms with Crippen LogP contribution in [0.3, 0.4) is 0 Å². The van der Waals surface area contributed by atoms with E-state index in [1.54, 1.807) is 0 Å². The standard InChI is InChI=1S/C17H15Cl2FN4O3/c1-2-8(23-16(26)12-6-22-17(19)24-12)5-21-15(25)10-7-27-14-9(10)3-4-11(18)13(14)20/h3-4,6-8H,2,5H2,1H3,(H,21,25)(H,22,24)(H,23,26). The Balaban J connectivity index is 1.65. The van der Waals surface area contributed by atoms with Crippen LogP contribution in [0.5, 0.6) is 0 Å². The van der Waals surface area contributed by atoms with E-state index < -0.39 is 11.7 Å². The van der Waals surface area contributed by atoms with E-state index in [2.05, 4.69) is 20.6 Å². The highest BCUT2D eigenvalue weighted by Crippen LogP contribution is 2.28. The largest absolute Gasteiger partial charge is 0.460 e. The Labute approximate surface area is 163 Å². The van der Waals surface area contributed by atoms with Crippen molar-refractivity contribution in [3.8, 4) is 0 Å². The second kappa shape index (κ2) is 7.98. The van der Waals surface area contributed by atoms with E-state index in [0.717, 1.165) is 0 Å². The number of halogens is 3. The van der Waals surface area contributed by atoms with E-state index in [1.807, 2.05) is 6.92 Å². The maximum atomic E-state index is 13.9. The molecule has 0 fully saturated rings. The minimum atomic E-state index is -0.717. The Bertz CT molecular complexity index is 1000. The molecule has 27 heavy (non-hydrogen) atoms. The summed E-state index contributed by atoms with van der Waals surface area (Å²) in [5, 5.41) is 5.81. The summed E-state index contributed by atoms with van der Waals surface area (Å²) >= 11 is 11.4. The lowest BCUT2D eigenvalue weighted by Crippen LogP contribution is -2.43. The average molecular weight is 413 g/mol. The minimum absolute atomic E-state index is 0.0795. The molecule has 3 N–H and O–H groups in total. The molecule has 7 nitrogen and oxygen atoms in total. The molecular weight excluding hydrogens is 398 g/mol. The normalized spacial score (nSPS) is 12.1. The fraction of sp³-hybridized carbons (Fsp3) is 0.235. The summed E-state index contributed by atoms with van der Waals surface area (Å²) < 4.78 is 19.1. The number of H-pyrrole nitrogens is 1. The van der Waals surface area contributed by atoms with E-state index in [4.69, 9.17) is 27.6 Å². The third-order valence-corrected chi connectivity index (χ3v) is 4.49. The van der Waals surface area contributed by atoms with Crippen molar-refractivity contribution in [1.29, 1.82) is 0 Å². The van der Waals surface area contributed by atoms with Crippen molar-refractivity contribution in [3.63, 3.8) is 0 Å². The highest BCUT2D eigenvalue weighted by atomic mass is 35.5. The molecule has 10 heteroatoms. The van der Waals surface area contributed by atoms with Gasteiger partial charge in [0.25, 0.3) is 11.8 Å².